The van der Waals surface area contributed by atoms with Crippen LogP contribution in [-0.2, 0) is 6.54 Å². The van der Waals surface area contributed by atoms with Crippen molar-refractivity contribution in [3.8, 4) is 5.75 Å². The van der Waals surface area contributed by atoms with Crippen LogP contribution in [0, 0.1) is 11.7 Å². The van der Waals surface area contributed by atoms with Gasteiger partial charge in [0.2, 0.25) is 0 Å². The van der Waals surface area contributed by atoms with E-state index in [0.717, 1.165) is 29.9 Å². The Balaban J connectivity index is 2.60. The molecule has 3 heteroatoms. The van der Waals surface area contributed by atoms with Crippen molar-refractivity contribution in [3.05, 3.63) is 41.7 Å². The molecule has 1 rings (SSSR count). The molecule has 0 amide bonds. The van der Waals surface area contributed by atoms with Crippen LogP contribution in [0.3, 0.4) is 0 Å². The van der Waals surface area contributed by atoms with E-state index >= 15 is 0 Å². The van der Waals surface area contributed by atoms with Crippen LogP contribution < -0.4 is 10.1 Å². The summed E-state index contributed by atoms with van der Waals surface area (Å²) in [4.78, 5) is 0. The van der Waals surface area contributed by atoms with Crippen LogP contribution in [0.4, 0.5) is 4.39 Å². The van der Waals surface area contributed by atoms with Gasteiger partial charge in [-0.1, -0.05) is 19.4 Å². The first-order valence-corrected chi connectivity index (χ1v) is 6.75. The third-order valence-corrected chi connectivity index (χ3v) is 2.68. The van der Waals surface area contributed by atoms with E-state index in [0.29, 0.717) is 19.1 Å². The van der Waals surface area contributed by atoms with E-state index in [1.165, 1.54) is 12.1 Å². The van der Waals surface area contributed by atoms with Gasteiger partial charge in [-0.25, -0.2) is 4.39 Å². The van der Waals surface area contributed by atoms with E-state index in [-0.39, 0.29) is 5.82 Å². The number of rotatable bonds is 8. The molecule has 1 N–H and O–H groups in total. The Hall–Kier alpha value is -1.35. The molecular weight excluding hydrogens is 241 g/mol. The molecule has 0 saturated heterocycles. The number of hydrogen-bond acceptors (Lipinski definition) is 2. The molecule has 0 fully saturated rings. The summed E-state index contributed by atoms with van der Waals surface area (Å²) in [6, 6.07) is 4.66. The van der Waals surface area contributed by atoms with Gasteiger partial charge in [-0.3, -0.25) is 0 Å². The quantitative estimate of drug-likeness (QED) is 0.719. The van der Waals surface area contributed by atoms with Gasteiger partial charge in [0, 0.05) is 18.5 Å². The highest BCUT2D eigenvalue weighted by atomic mass is 19.1. The summed E-state index contributed by atoms with van der Waals surface area (Å²) in [7, 11) is 0. The van der Waals surface area contributed by atoms with Gasteiger partial charge in [0.1, 0.15) is 11.6 Å². The Labute approximate surface area is 115 Å². The summed E-state index contributed by atoms with van der Waals surface area (Å²) in [5.74, 6) is 1.09. The smallest absolute Gasteiger partial charge is 0.123 e. The molecule has 19 heavy (non-hydrogen) atoms. The minimum atomic E-state index is -0.228. The zero-order valence-corrected chi connectivity index (χ0v) is 12.1. The van der Waals surface area contributed by atoms with E-state index in [2.05, 4.69) is 25.7 Å². The lowest BCUT2D eigenvalue weighted by Gasteiger charge is -2.13. The van der Waals surface area contributed by atoms with Gasteiger partial charge in [0.05, 0.1) is 6.61 Å². The van der Waals surface area contributed by atoms with Crippen molar-refractivity contribution in [1.82, 2.24) is 5.32 Å². The minimum Gasteiger partial charge on any atom is -0.493 e. The molecule has 1 aromatic carbocycles. The summed E-state index contributed by atoms with van der Waals surface area (Å²) >= 11 is 0. The fraction of sp³-hybridized carbons (Fsp3) is 0.500. The van der Waals surface area contributed by atoms with Gasteiger partial charge < -0.3 is 10.1 Å². The molecule has 0 spiro atoms. The Morgan fingerprint density at radius 1 is 1.42 bits per heavy atom. The zero-order valence-electron chi connectivity index (χ0n) is 12.1. The first-order valence-electron chi connectivity index (χ1n) is 6.75. The molecule has 0 bridgehead atoms. The van der Waals surface area contributed by atoms with E-state index in [1.807, 2.05) is 6.92 Å². The van der Waals surface area contributed by atoms with Crippen molar-refractivity contribution in [2.75, 3.05) is 13.2 Å². The Kier molecular flexibility index (Phi) is 6.57. The predicted octanol–water partition coefficient (Wildman–Crippen LogP) is 3.92. The molecule has 0 aromatic heterocycles. The highest BCUT2D eigenvalue weighted by Gasteiger charge is 2.06. The molecular formula is C16H24FNO. The van der Waals surface area contributed by atoms with Gasteiger partial charge in [-0.15, -0.1) is 6.58 Å². The molecule has 0 radical (unpaired) electrons. The second-order valence-corrected chi connectivity index (χ2v) is 5.33. The largest absolute Gasteiger partial charge is 0.493 e. The fourth-order valence-corrected chi connectivity index (χ4v) is 1.66. The summed E-state index contributed by atoms with van der Waals surface area (Å²) in [5.41, 5.74) is 1.95. The lowest BCUT2D eigenvalue weighted by atomic mass is 10.1. The van der Waals surface area contributed by atoms with Crippen molar-refractivity contribution >= 4 is 0 Å². The molecule has 1 aromatic rings. The second kappa shape index (κ2) is 7.95. The van der Waals surface area contributed by atoms with Gasteiger partial charge in [0.15, 0.2) is 0 Å². The molecule has 0 aliphatic heterocycles. The number of ether oxygens (including phenoxy) is 1. The van der Waals surface area contributed by atoms with Crippen LogP contribution in [0.25, 0.3) is 0 Å². The molecule has 0 aliphatic carbocycles. The molecule has 0 aliphatic rings. The van der Waals surface area contributed by atoms with Crippen LogP contribution in [-0.4, -0.2) is 13.2 Å². The normalized spacial score (nSPS) is 10.8. The SMILES string of the molecule is C=C(C)CCOc1ccc(F)cc1CNCC(C)C. The van der Waals surface area contributed by atoms with E-state index in [9.17, 15) is 4.39 Å². The molecule has 2 nitrogen and oxygen atoms in total. The topological polar surface area (TPSA) is 21.3 Å². The maximum atomic E-state index is 13.3. The van der Waals surface area contributed by atoms with Crippen molar-refractivity contribution in [2.45, 2.75) is 33.7 Å². The van der Waals surface area contributed by atoms with Crippen molar-refractivity contribution in [2.24, 2.45) is 5.92 Å². The summed E-state index contributed by atoms with van der Waals surface area (Å²) < 4.78 is 19.0. The lowest BCUT2D eigenvalue weighted by Crippen LogP contribution is -2.19. The first kappa shape index (κ1) is 15.7. The molecule has 106 valence electrons. The minimum absolute atomic E-state index is 0.228. The molecule has 0 heterocycles. The number of hydrogen-bond donors (Lipinski definition) is 1. The lowest BCUT2D eigenvalue weighted by molar-refractivity contribution is 0.316. The van der Waals surface area contributed by atoms with Crippen molar-refractivity contribution < 1.29 is 9.13 Å². The standard InChI is InChI=1S/C16H24FNO/c1-12(2)7-8-19-16-6-5-15(17)9-14(16)11-18-10-13(3)4/h5-6,9,13,18H,1,7-8,10-11H2,2-4H3. The summed E-state index contributed by atoms with van der Waals surface area (Å²) in [6.07, 6.45) is 0.816. The van der Waals surface area contributed by atoms with Crippen LogP contribution in [0.15, 0.2) is 30.4 Å². The predicted molar refractivity (Wildman–Crippen MR) is 77.9 cm³/mol. The molecule has 0 atom stereocenters. The molecule has 0 unspecified atom stereocenters. The number of nitrogens with one attached hydrogen (secondary N) is 1. The second-order valence-electron chi connectivity index (χ2n) is 5.33. The first-order chi connectivity index (χ1) is 8.99. The highest BCUT2D eigenvalue weighted by molar-refractivity contribution is 5.34. The van der Waals surface area contributed by atoms with Gasteiger partial charge >= 0.3 is 0 Å². The van der Waals surface area contributed by atoms with Crippen molar-refractivity contribution in [1.29, 1.82) is 0 Å². The van der Waals surface area contributed by atoms with Crippen LogP contribution in [0.1, 0.15) is 32.8 Å². The third-order valence-electron chi connectivity index (χ3n) is 2.68. The average Bonchev–Trinajstić information content (AvgIpc) is 2.31. The highest BCUT2D eigenvalue weighted by Crippen LogP contribution is 2.20. The molecule has 0 saturated carbocycles. The van der Waals surface area contributed by atoms with E-state index in [4.69, 9.17) is 4.74 Å². The number of halogens is 1. The van der Waals surface area contributed by atoms with Gasteiger partial charge in [-0.05, 0) is 37.6 Å². The van der Waals surface area contributed by atoms with E-state index < -0.39 is 0 Å². The zero-order chi connectivity index (χ0) is 14.3. The van der Waals surface area contributed by atoms with Crippen LogP contribution in [0.2, 0.25) is 0 Å². The third kappa shape index (κ3) is 6.39. The maximum Gasteiger partial charge on any atom is 0.123 e. The van der Waals surface area contributed by atoms with E-state index in [1.54, 1.807) is 6.07 Å². The summed E-state index contributed by atoms with van der Waals surface area (Å²) in [5, 5.41) is 3.30. The van der Waals surface area contributed by atoms with Crippen LogP contribution >= 0.6 is 0 Å². The summed E-state index contributed by atoms with van der Waals surface area (Å²) in [6.45, 7) is 12.2. The van der Waals surface area contributed by atoms with Crippen molar-refractivity contribution in [3.63, 3.8) is 0 Å². The maximum absolute atomic E-state index is 13.3. The monoisotopic (exact) mass is 265 g/mol. The Morgan fingerprint density at radius 2 is 2.16 bits per heavy atom. The van der Waals surface area contributed by atoms with Gasteiger partial charge in [0.25, 0.3) is 0 Å². The number of benzene rings is 1. The fourth-order valence-electron chi connectivity index (χ4n) is 1.66. The Bertz CT molecular complexity index is 415. The Morgan fingerprint density at radius 3 is 2.79 bits per heavy atom. The van der Waals surface area contributed by atoms with Crippen LogP contribution in [0.5, 0.6) is 5.75 Å². The van der Waals surface area contributed by atoms with Gasteiger partial charge in [-0.2, -0.15) is 0 Å². The average molecular weight is 265 g/mol.